The lowest BCUT2D eigenvalue weighted by molar-refractivity contribution is 0.322. The Morgan fingerprint density at radius 1 is 1.04 bits per heavy atom. The molecule has 0 aromatic heterocycles. The maximum absolute atomic E-state index is 5.87. The van der Waals surface area contributed by atoms with Crippen LogP contribution in [-0.2, 0) is 6.54 Å². The third-order valence-electron chi connectivity index (χ3n) is 3.00. The van der Waals surface area contributed by atoms with E-state index in [0.29, 0.717) is 19.7 Å². The molecule has 2 rings (SSSR count). The summed E-state index contributed by atoms with van der Waals surface area (Å²) in [5, 5.41) is 7.19. The summed E-state index contributed by atoms with van der Waals surface area (Å²) in [4.78, 5) is 4.18. The van der Waals surface area contributed by atoms with E-state index in [-0.39, 0.29) is 24.0 Å². The van der Waals surface area contributed by atoms with Gasteiger partial charge in [-0.15, -0.1) is 24.0 Å². The van der Waals surface area contributed by atoms with Crippen molar-refractivity contribution < 1.29 is 4.74 Å². The molecule has 2 aromatic rings. The number of ether oxygens (including phenoxy) is 1. The van der Waals surface area contributed by atoms with Gasteiger partial charge >= 0.3 is 0 Å². The minimum atomic E-state index is 0. The highest BCUT2D eigenvalue weighted by Crippen LogP contribution is 2.09. The Labute approximate surface area is 159 Å². The van der Waals surface area contributed by atoms with Gasteiger partial charge in [0, 0.05) is 18.6 Å². The zero-order valence-corrected chi connectivity index (χ0v) is 16.0. The number of hydrogen-bond donors (Lipinski definition) is 2. The summed E-state index contributed by atoms with van der Waals surface area (Å²) in [5.41, 5.74) is 1.15. The highest BCUT2D eigenvalue weighted by Gasteiger charge is 1.99. The minimum Gasteiger partial charge on any atom is -0.492 e. The summed E-state index contributed by atoms with van der Waals surface area (Å²) >= 11 is 5.87. The Morgan fingerprint density at radius 3 is 2.39 bits per heavy atom. The highest BCUT2D eigenvalue weighted by atomic mass is 127. The number of aliphatic imine (C=N–C) groups is 1. The van der Waals surface area contributed by atoms with Gasteiger partial charge in [-0.05, 0) is 29.8 Å². The first-order valence-corrected chi connectivity index (χ1v) is 7.52. The SMILES string of the molecule is CN=C(NCCOc1ccccc1)NCc1ccc(Cl)cc1.I. The summed E-state index contributed by atoms with van der Waals surface area (Å²) in [7, 11) is 1.75. The Morgan fingerprint density at radius 2 is 1.74 bits per heavy atom. The van der Waals surface area contributed by atoms with Crippen LogP contribution in [0.4, 0.5) is 0 Å². The maximum atomic E-state index is 5.87. The van der Waals surface area contributed by atoms with Crippen LogP contribution < -0.4 is 15.4 Å². The summed E-state index contributed by atoms with van der Waals surface area (Å²) in [6.07, 6.45) is 0. The van der Waals surface area contributed by atoms with Crippen molar-refractivity contribution in [3.05, 3.63) is 65.2 Å². The van der Waals surface area contributed by atoms with Crippen molar-refractivity contribution in [1.82, 2.24) is 10.6 Å². The predicted molar refractivity (Wildman–Crippen MR) is 107 cm³/mol. The van der Waals surface area contributed by atoms with Gasteiger partial charge in [-0.2, -0.15) is 0 Å². The number of halogens is 2. The van der Waals surface area contributed by atoms with Crippen LogP contribution in [-0.4, -0.2) is 26.2 Å². The quantitative estimate of drug-likeness (QED) is 0.308. The number of nitrogens with one attached hydrogen (secondary N) is 2. The van der Waals surface area contributed by atoms with Crippen molar-refractivity contribution in [1.29, 1.82) is 0 Å². The number of nitrogens with zero attached hydrogens (tertiary/aromatic N) is 1. The molecule has 0 atom stereocenters. The van der Waals surface area contributed by atoms with E-state index in [2.05, 4.69) is 15.6 Å². The molecule has 0 saturated carbocycles. The highest BCUT2D eigenvalue weighted by molar-refractivity contribution is 14.0. The molecule has 0 amide bonds. The second-order valence-electron chi connectivity index (χ2n) is 4.64. The standard InChI is InChI=1S/C17H20ClN3O.HI/c1-19-17(21-13-14-7-9-15(18)10-8-14)20-11-12-22-16-5-3-2-4-6-16;/h2-10H,11-13H2,1H3,(H2,19,20,21);1H. The maximum Gasteiger partial charge on any atom is 0.191 e. The third-order valence-corrected chi connectivity index (χ3v) is 3.26. The first-order valence-electron chi connectivity index (χ1n) is 7.15. The van der Waals surface area contributed by atoms with Crippen molar-refractivity contribution in [2.45, 2.75) is 6.54 Å². The first-order chi connectivity index (χ1) is 10.8. The van der Waals surface area contributed by atoms with Gasteiger partial charge in [-0.25, -0.2) is 0 Å². The average Bonchev–Trinajstić information content (AvgIpc) is 2.57. The Kier molecular flexibility index (Phi) is 9.47. The van der Waals surface area contributed by atoms with Gasteiger partial charge in [0.05, 0.1) is 6.54 Å². The molecule has 0 aliphatic carbocycles. The van der Waals surface area contributed by atoms with E-state index in [1.807, 2.05) is 54.6 Å². The van der Waals surface area contributed by atoms with Gasteiger partial charge in [0.2, 0.25) is 0 Å². The molecule has 2 N–H and O–H groups in total. The predicted octanol–water partition coefficient (Wildman–Crippen LogP) is 3.70. The van der Waals surface area contributed by atoms with Crippen molar-refractivity contribution in [3.63, 3.8) is 0 Å². The second-order valence-corrected chi connectivity index (χ2v) is 5.08. The Bertz CT molecular complexity index is 591. The monoisotopic (exact) mass is 445 g/mol. The van der Waals surface area contributed by atoms with Crippen LogP contribution in [0.5, 0.6) is 5.75 Å². The summed E-state index contributed by atoms with van der Waals surface area (Å²) in [6.45, 7) is 1.94. The normalized spacial score (nSPS) is 10.6. The summed E-state index contributed by atoms with van der Waals surface area (Å²) in [6, 6.07) is 17.5. The van der Waals surface area contributed by atoms with E-state index in [9.17, 15) is 0 Å². The summed E-state index contributed by atoms with van der Waals surface area (Å²) in [5.74, 6) is 1.61. The van der Waals surface area contributed by atoms with Crippen molar-refractivity contribution in [2.75, 3.05) is 20.2 Å². The number of benzene rings is 2. The molecule has 0 aliphatic heterocycles. The van der Waals surface area contributed by atoms with E-state index >= 15 is 0 Å². The second kappa shape index (κ2) is 11.1. The topological polar surface area (TPSA) is 45.7 Å². The van der Waals surface area contributed by atoms with Gasteiger partial charge in [0.1, 0.15) is 12.4 Å². The van der Waals surface area contributed by atoms with Gasteiger partial charge < -0.3 is 15.4 Å². The molecule has 23 heavy (non-hydrogen) atoms. The molecule has 0 unspecified atom stereocenters. The lowest BCUT2D eigenvalue weighted by Gasteiger charge is -2.12. The van der Waals surface area contributed by atoms with Crippen molar-refractivity contribution >= 4 is 41.5 Å². The van der Waals surface area contributed by atoms with Crippen LogP contribution in [0.3, 0.4) is 0 Å². The molecule has 0 radical (unpaired) electrons. The average molecular weight is 446 g/mol. The van der Waals surface area contributed by atoms with Crippen LogP contribution in [0.25, 0.3) is 0 Å². The lowest BCUT2D eigenvalue weighted by Crippen LogP contribution is -2.38. The largest absolute Gasteiger partial charge is 0.492 e. The molecule has 0 bridgehead atoms. The minimum absolute atomic E-state index is 0. The lowest BCUT2D eigenvalue weighted by atomic mass is 10.2. The van der Waals surface area contributed by atoms with Crippen molar-refractivity contribution in [2.24, 2.45) is 4.99 Å². The smallest absolute Gasteiger partial charge is 0.191 e. The van der Waals surface area contributed by atoms with E-state index < -0.39 is 0 Å². The number of rotatable bonds is 6. The fourth-order valence-corrected chi connectivity index (χ4v) is 1.99. The first kappa shape index (κ1) is 19.6. The zero-order chi connectivity index (χ0) is 15.6. The van der Waals surface area contributed by atoms with Crippen LogP contribution in [0.15, 0.2) is 59.6 Å². The van der Waals surface area contributed by atoms with E-state index in [1.165, 1.54) is 0 Å². The van der Waals surface area contributed by atoms with Crippen LogP contribution in [0.2, 0.25) is 5.02 Å². The van der Waals surface area contributed by atoms with Gasteiger partial charge in [0.15, 0.2) is 5.96 Å². The fraction of sp³-hybridized carbons (Fsp3) is 0.235. The number of para-hydroxylation sites is 1. The molecule has 0 spiro atoms. The number of guanidine groups is 1. The molecule has 4 nitrogen and oxygen atoms in total. The van der Waals surface area contributed by atoms with Crippen molar-refractivity contribution in [3.8, 4) is 5.75 Å². The van der Waals surface area contributed by atoms with E-state index in [0.717, 1.165) is 22.3 Å². The Hall–Kier alpha value is -1.47. The molecule has 0 aliphatic rings. The molecular weight excluding hydrogens is 425 g/mol. The fourth-order valence-electron chi connectivity index (χ4n) is 1.86. The molecule has 0 fully saturated rings. The van der Waals surface area contributed by atoms with Gasteiger partial charge in [-0.3, -0.25) is 4.99 Å². The number of hydrogen-bond acceptors (Lipinski definition) is 2. The molecule has 0 saturated heterocycles. The van der Waals surface area contributed by atoms with Crippen LogP contribution >= 0.6 is 35.6 Å². The molecule has 2 aromatic carbocycles. The molecular formula is C17H21ClIN3O. The Balaban J connectivity index is 0.00000264. The molecule has 124 valence electrons. The van der Waals surface area contributed by atoms with Gasteiger partial charge in [0.25, 0.3) is 0 Å². The van der Waals surface area contributed by atoms with Gasteiger partial charge in [-0.1, -0.05) is 41.9 Å². The summed E-state index contributed by atoms with van der Waals surface area (Å²) < 4.78 is 5.62. The molecule has 0 heterocycles. The zero-order valence-electron chi connectivity index (χ0n) is 13.0. The van der Waals surface area contributed by atoms with Crippen LogP contribution in [0, 0.1) is 0 Å². The third kappa shape index (κ3) is 7.56. The van der Waals surface area contributed by atoms with Crippen LogP contribution in [0.1, 0.15) is 5.56 Å². The van der Waals surface area contributed by atoms with E-state index in [1.54, 1.807) is 7.05 Å². The molecule has 6 heteroatoms. The van der Waals surface area contributed by atoms with E-state index in [4.69, 9.17) is 16.3 Å².